The summed E-state index contributed by atoms with van der Waals surface area (Å²) < 4.78 is 5.83. The van der Waals surface area contributed by atoms with E-state index in [0.29, 0.717) is 17.2 Å². The highest BCUT2D eigenvalue weighted by Crippen LogP contribution is 2.31. The minimum absolute atomic E-state index is 0.0616. The summed E-state index contributed by atoms with van der Waals surface area (Å²) in [5.41, 5.74) is 1.51. The van der Waals surface area contributed by atoms with Gasteiger partial charge in [0.1, 0.15) is 5.75 Å². The van der Waals surface area contributed by atoms with E-state index in [0.717, 1.165) is 18.5 Å². The average Bonchev–Trinajstić information content (AvgIpc) is 3.11. The highest BCUT2D eigenvalue weighted by atomic mass is 16.5. The lowest BCUT2D eigenvalue weighted by molar-refractivity contribution is 0.0822. The van der Waals surface area contributed by atoms with Crippen molar-refractivity contribution in [2.45, 2.75) is 38.7 Å². The maximum atomic E-state index is 12.1. The van der Waals surface area contributed by atoms with Gasteiger partial charge in [-0.15, -0.1) is 0 Å². The minimum atomic E-state index is -0.0616. The zero-order valence-corrected chi connectivity index (χ0v) is 11.4. The Balaban J connectivity index is 2.34. The molecule has 0 bridgehead atoms. The molecule has 1 aliphatic carbocycles. The van der Waals surface area contributed by atoms with Crippen LogP contribution < -0.4 is 4.74 Å². The summed E-state index contributed by atoms with van der Waals surface area (Å²) in [6.07, 6.45) is 4.07. The van der Waals surface area contributed by atoms with Crippen molar-refractivity contribution in [2.75, 3.05) is 14.1 Å². The van der Waals surface area contributed by atoms with E-state index < -0.39 is 0 Å². The van der Waals surface area contributed by atoms with Crippen LogP contribution in [0.25, 0.3) is 0 Å². The molecule has 2 rings (SSSR count). The Labute approximate surface area is 108 Å². The quantitative estimate of drug-likeness (QED) is 0.822. The minimum Gasteiger partial charge on any atom is -0.489 e. The Morgan fingerprint density at radius 2 is 2.11 bits per heavy atom. The van der Waals surface area contributed by atoms with Crippen LogP contribution in [0.15, 0.2) is 12.3 Å². The van der Waals surface area contributed by atoms with Crippen LogP contribution in [0, 0.1) is 0 Å². The summed E-state index contributed by atoms with van der Waals surface area (Å²) in [5.74, 6) is 0.943. The topological polar surface area (TPSA) is 42.4 Å². The van der Waals surface area contributed by atoms with Gasteiger partial charge in [0.25, 0.3) is 5.91 Å². The molecule has 98 valence electrons. The molecular weight excluding hydrogens is 228 g/mol. The lowest BCUT2D eigenvalue weighted by Gasteiger charge is -2.16. The molecule has 0 saturated heterocycles. The van der Waals surface area contributed by atoms with E-state index in [4.69, 9.17) is 4.74 Å². The fourth-order valence-corrected chi connectivity index (χ4v) is 1.63. The molecule has 1 amide bonds. The van der Waals surface area contributed by atoms with Crippen molar-refractivity contribution in [3.8, 4) is 5.75 Å². The SMILES string of the molecule is CC(C)c1cc(OC2CC2)c(C(=O)N(C)C)cn1. The second-order valence-corrected chi connectivity index (χ2v) is 5.28. The van der Waals surface area contributed by atoms with Gasteiger partial charge >= 0.3 is 0 Å². The highest BCUT2D eigenvalue weighted by Gasteiger charge is 2.26. The van der Waals surface area contributed by atoms with E-state index >= 15 is 0 Å². The number of hydrogen-bond donors (Lipinski definition) is 0. The summed E-state index contributed by atoms with van der Waals surface area (Å²) >= 11 is 0. The van der Waals surface area contributed by atoms with Gasteiger partial charge in [0.2, 0.25) is 0 Å². The third kappa shape index (κ3) is 2.81. The summed E-state index contributed by atoms with van der Waals surface area (Å²) in [7, 11) is 3.47. The Morgan fingerprint density at radius 1 is 1.44 bits per heavy atom. The smallest absolute Gasteiger partial charge is 0.258 e. The molecule has 1 saturated carbocycles. The Morgan fingerprint density at radius 3 is 2.61 bits per heavy atom. The Kier molecular flexibility index (Phi) is 3.55. The summed E-state index contributed by atoms with van der Waals surface area (Å²) in [5, 5.41) is 0. The van der Waals surface area contributed by atoms with Gasteiger partial charge in [-0.25, -0.2) is 0 Å². The lowest BCUT2D eigenvalue weighted by atomic mass is 10.1. The summed E-state index contributed by atoms with van der Waals surface area (Å²) in [6, 6.07) is 1.90. The van der Waals surface area contributed by atoms with Crippen LogP contribution in [0.5, 0.6) is 5.75 Å². The molecule has 1 aliphatic rings. The van der Waals surface area contributed by atoms with Gasteiger partial charge < -0.3 is 9.64 Å². The molecule has 0 N–H and O–H groups in total. The first kappa shape index (κ1) is 12.9. The number of nitrogens with zero attached hydrogens (tertiary/aromatic N) is 2. The predicted octanol–water partition coefficient (Wildman–Crippen LogP) is 2.45. The third-order valence-electron chi connectivity index (χ3n) is 2.93. The molecule has 0 atom stereocenters. The standard InChI is InChI=1S/C14H20N2O2/c1-9(2)12-7-13(18-10-5-6-10)11(8-15-12)14(17)16(3)4/h7-10H,5-6H2,1-4H3. The first-order chi connectivity index (χ1) is 8.49. The number of aromatic nitrogens is 1. The van der Waals surface area contributed by atoms with Crippen LogP contribution >= 0.6 is 0 Å². The highest BCUT2D eigenvalue weighted by molar-refractivity contribution is 5.96. The van der Waals surface area contributed by atoms with Crippen molar-refractivity contribution < 1.29 is 9.53 Å². The second-order valence-electron chi connectivity index (χ2n) is 5.28. The van der Waals surface area contributed by atoms with Gasteiger partial charge in [-0.05, 0) is 18.8 Å². The molecule has 1 fully saturated rings. The van der Waals surface area contributed by atoms with Crippen molar-refractivity contribution in [3.63, 3.8) is 0 Å². The largest absolute Gasteiger partial charge is 0.489 e. The van der Waals surface area contributed by atoms with E-state index in [1.165, 1.54) is 0 Å². The van der Waals surface area contributed by atoms with E-state index in [2.05, 4.69) is 18.8 Å². The van der Waals surface area contributed by atoms with Crippen LogP contribution in [0.2, 0.25) is 0 Å². The number of carbonyl (C=O) groups excluding carboxylic acids is 1. The molecule has 0 unspecified atom stereocenters. The maximum Gasteiger partial charge on any atom is 0.258 e. The molecule has 0 radical (unpaired) electrons. The number of amides is 1. The maximum absolute atomic E-state index is 12.1. The predicted molar refractivity (Wildman–Crippen MR) is 70.0 cm³/mol. The molecule has 4 nitrogen and oxygen atoms in total. The molecule has 4 heteroatoms. The normalized spacial score (nSPS) is 14.7. The van der Waals surface area contributed by atoms with Crippen LogP contribution in [0.1, 0.15) is 48.7 Å². The van der Waals surface area contributed by atoms with Crippen LogP contribution in [0.4, 0.5) is 0 Å². The number of rotatable bonds is 4. The first-order valence-corrected chi connectivity index (χ1v) is 6.37. The van der Waals surface area contributed by atoms with Gasteiger partial charge in [-0.2, -0.15) is 0 Å². The van der Waals surface area contributed by atoms with Crippen molar-refractivity contribution in [1.29, 1.82) is 0 Å². The number of pyridine rings is 1. The van der Waals surface area contributed by atoms with E-state index in [-0.39, 0.29) is 12.0 Å². The Bertz CT molecular complexity index is 451. The van der Waals surface area contributed by atoms with Gasteiger partial charge in [0, 0.05) is 32.1 Å². The van der Waals surface area contributed by atoms with Gasteiger partial charge in [-0.1, -0.05) is 13.8 Å². The van der Waals surface area contributed by atoms with E-state index in [1.807, 2.05) is 6.07 Å². The Hall–Kier alpha value is -1.58. The molecule has 18 heavy (non-hydrogen) atoms. The van der Waals surface area contributed by atoms with Crippen molar-refractivity contribution >= 4 is 5.91 Å². The van der Waals surface area contributed by atoms with E-state index in [1.54, 1.807) is 25.2 Å². The summed E-state index contributed by atoms with van der Waals surface area (Å²) in [6.45, 7) is 4.16. The van der Waals surface area contributed by atoms with Crippen LogP contribution in [-0.4, -0.2) is 36.0 Å². The van der Waals surface area contributed by atoms with Crippen LogP contribution in [-0.2, 0) is 0 Å². The molecule has 0 aromatic carbocycles. The average molecular weight is 248 g/mol. The zero-order valence-electron chi connectivity index (χ0n) is 11.4. The molecule has 1 heterocycles. The molecule has 1 aromatic rings. The molecule has 0 aliphatic heterocycles. The second kappa shape index (κ2) is 4.96. The van der Waals surface area contributed by atoms with E-state index in [9.17, 15) is 4.79 Å². The molecule has 1 aromatic heterocycles. The monoisotopic (exact) mass is 248 g/mol. The fourth-order valence-electron chi connectivity index (χ4n) is 1.63. The summed E-state index contributed by atoms with van der Waals surface area (Å²) in [4.78, 5) is 17.9. The number of carbonyl (C=O) groups is 1. The van der Waals surface area contributed by atoms with Gasteiger partial charge in [-0.3, -0.25) is 9.78 Å². The molecular formula is C14H20N2O2. The third-order valence-corrected chi connectivity index (χ3v) is 2.93. The number of ether oxygens (including phenoxy) is 1. The van der Waals surface area contributed by atoms with Crippen molar-refractivity contribution in [3.05, 3.63) is 23.5 Å². The number of hydrogen-bond acceptors (Lipinski definition) is 3. The van der Waals surface area contributed by atoms with Crippen molar-refractivity contribution in [2.24, 2.45) is 0 Å². The van der Waals surface area contributed by atoms with Gasteiger partial charge in [0.15, 0.2) is 0 Å². The zero-order chi connectivity index (χ0) is 13.3. The van der Waals surface area contributed by atoms with Crippen LogP contribution in [0.3, 0.4) is 0 Å². The van der Waals surface area contributed by atoms with Gasteiger partial charge in [0.05, 0.1) is 11.7 Å². The van der Waals surface area contributed by atoms with Crippen molar-refractivity contribution in [1.82, 2.24) is 9.88 Å². The lowest BCUT2D eigenvalue weighted by Crippen LogP contribution is -2.23. The first-order valence-electron chi connectivity index (χ1n) is 6.37. The fraction of sp³-hybridized carbons (Fsp3) is 0.571. The molecule has 0 spiro atoms.